The lowest BCUT2D eigenvalue weighted by atomic mass is 10.1. The monoisotopic (exact) mass is 264 g/mol. The summed E-state index contributed by atoms with van der Waals surface area (Å²) in [5.74, 6) is 0. The number of rotatable bonds is 4. The van der Waals surface area contributed by atoms with Gasteiger partial charge in [0.25, 0.3) is 0 Å². The smallest absolute Gasteiger partial charge is 0.104 e. The molecule has 0 saturated carbocycles. The van der Waals surface area contributed by atoms with E-state index in [9.17, 15) is 0 Å². The Labute approximate surface area is 114 Å². The van der Waals surface area contributed by atoms with Crippen molar-refractivity contribution in [1.82, 2.24) is 0 Å². The molecule has 3 nitrogen and oxygen atoms in total. The van der Waals surface area contributed by atoms with E-state index in [0.29, 0.717) is 17.2 Å². The number of hydrogen-bond donors (Lipinski definition) is 1. The summed E-state index contributed by atoms with van der Waals surface area (Å²) in [7, 11) is 2.07. The standard InChI is InChI=1S/C14H20N2OS/c1-10-6-7-13(17-10)9-16(2)12-5-3-4-11(8-12)14(15)18/h3-5,8,10,13H,6-7,9H2,1-2H3,(H2,15,18). The molecule has 0 radical (unpaired) electrons. The van der Waals surface area contributed by atoms with Gasteiger partial charge in [0.2, 0.25) is 0 Å². The van der Waals surface area contributed by atoms with Gasteiger partial charge in [0, 0.05) is 24.8 Å². The average Bonchev–Trinajstić information content (AvgIpc) is 2.75. The first kappa shape index (κ1) is 13.3. The molecular weight excluding hydrogens is 244 g/mol. The zero-order chi connectivity index (χ0) is 13.1. The van der Waals surface area contributed by atoms with Crippen molar-refractivity contribution in [2.45, 2.75) is 32.0 Å². The number of nitrogens with two attached hydrogens (primary N) is 1. The van der Waals surface area contributed by atoms with Crippen LogP contribution in [-0.4, -0.2) is 30.8 Å². The molecule has 1 fully saturated rings. The molecule has 1 aliphatic rings. The lowest BCUT2D eigenvalue weighted by Gasteiger charge is -2.23. The van der Waals surface area contributed by atoms with Crippen molar-refractivity contribution in [3.63, 3.8) is 0 Å². The molecule has 0 amide bonds. The first-order chi connectivity index (χ1) is 8.56. The van der Waals surface area contributed by atoms with Crippen LogP contribution in [0.4, 0.5) is 5.69 Å². The Balaban J connectivity index is 2.02. The first-order valence-electron chi connectivity index (χ1n) is 6.32. The molecule has 98 valence electrons. The number of thiocarbonyl (C=S) groups is 1. The van der Waals surface area contributed by atoms with E-state index in [4.69, 9.17) is 22.7 Å². The van der Waals surface area contributed by atoms with Crippen molar-refractivity contribution in [2.24, 2.45) is 5.73 Å². The lowest BCUT2D eigenvalue weighted by Crippen LogP contribution is -2.29. The van der Waals surface area contributed by atoms with Gasteiger partial charge in [-0.2, -0.15) is 0 Å². The Morgan fingerprint density at radius 1 is 1.50 bits per heavy atom. The van der Waals surface area contributed by atoms with E-state index in [0.717, 1.165) is 30.6 Å². The number of benzene rings is 1. The van der Waals surface area contributed by atoms with Crippen LogP contribution < -0.4 is 10.6 Å². The van der Waals surface area contributed by atoms with Crippen LogP contribution in [0.2, 0.25) is 0 Å². The fraction of sp³-hybridized carbons (Fsp3) is 0.500. The minimum Gasteiger partial charge on any atom is -0.389 e. The molecular formula is C14H20N2OS. The van der Waals surface area contributed by atoms with Crippen molar-refractivity contribution in [1.29, 1.82) is 0 Å². The van der Waals surface area contributed by atoms with Gasteiger partial charge in [-0.25, -0.2) is 0 Å². The summed E-state index contributed by atoms with van der Waals surface area (Å²) in [5.41, 5.74) is 7.69. The molecule has 1 saturated heterocycles. The van der Waals surface area contributed by atoms with Gasteiger partial charge in [-0.05, 0) is 31.9 Å². The molecule has 0 aromatic heterocycles. The fourth-order valence-electron chi connectivity index (χ4n) is 2.33. The molecule has 2 unspecified atom stereocenters. The Hall–Kier alpha value is -1.13. The van der Waals surface area contributed by atoms with Crippen molar-refractivity contribution in [2.75, 3.05) is 18.5 Å². The van der Waals surface area contributed by atoms with Crippen LogP contribution in [0.1, 0.15) is 25.3 Å². The molecule has 0 aliphatic carbocycles. The molecule has 18 heavy (non-hydrogen) atoms. The largest absolute Gasteiger partial charge is 0.389 e. The van der Waals surface area contributed by atoms with Crippen molar-refractivity contribution < 1.29 is 4.74 Å². The number of ether oxygens (including phenoxy) is 1. The van der Waals surface area contributed by atoms with Crippen LogP contribution in [0, 0.1) is 0 Å². The third-order valence-electron chi connectivity index (χ3n) is 3.37. The quantitative estimate of drug-likeness (QED) is 0.847. The summed E-state index contributed by atoms with van der Waals surface area (Å²) in [6, 6.07) is 8.02. The number of anilines is 1. The van der Waals surface area contributed by atoms with Crippen molar-refractivity contribution in [3.05, 3.63) is 29.8 Å². The second-order valence-corrected chi connectivity index (χ2v) is 5.38. The van der Waals surface area contributed by atoms with Crippen molar-refractivity contribution >= 4 is 22.9 Å². The highest BCUT2D eigenvalue weighted by atomic mass is 32.1. The van der Waals surface area contributed by atoms with Crippen LogP contribution in [0.5, 0.6) is 0 Å². The molecule has 0 bridgehead atoms. The lowest BCUT2D eigenvalue weighted by molar-refractivity contribution is 0.0606. The Bertz CT molecular complexity index is 436. The van der Waals surface area contributed by atoms with E-state index in [1.807, 2.05) is 18.2 Å². The SMILES string of the molecule is CC1CCC(CN(C)c2cccc(C(N)=S)c2)O1. The maximum atomic E-state index is 5.84. The minimum absolute atomic E-state index is 0.332. The summed E-state index contributed by atoms with van der Waals surface area (Å²) in [4.78, 5) is 2.64. The van der Waals surface area contributed by atoms with Gasteiger partial charge in [-0.3, -0.25) is 0 Å². The van der Waals surface area contributed by atoms with E-state index in [2.05, 4.69) is 24.9 Å². The molecule has 4 heteroatoms. The van der Waals surface area contributed by atoms with Crippen LogP contribution in [-0.2, 0) is 4.74 Å². The highest BCUT2D eigenvalue weighted by Crippen LogP contribution is 2.22. The van der Waals surface area contributed by atoms with Crippen molar-refractivity contribution in [3.8, 4) is 0 Å². The highest BCUT2D eigenvalue weighted by Gasteiger charge is 2.23. The van der Waals surface area contributed by atoms with E-state index in [1.54, 1.807) is 0 Å². The predicted molar refractivity (Wildman–Crippen MR) is 79.2 cm³/mol. The number of nitrogens with zero attached hydrogens (tertiary/aromatic N) is 1. The molecule has 1 aromatic carbocycles. The summed E-state index contributed by atoms with van der Waals surface area (Å²) < 4.78 is 5.84. The summed E-state index contributed by atoms with van der Waals surface area (Å²) in [6.45, 7) is 3.04. The second kappa shape index (κ2) is 5.67. The van der Waals surface area contributed by atoms with E-state index < -0.39 is 0 Å². The maximum absolute atomic E-state index is 5.84. The van der Waals surface area contributed by atoms with Crippen LogP contribution in [0.3, 0.4) is 0 Å². The van der Waals surface area contributed by atoms with E-state index in [-0.39, 0.29) is 0 Å². The zero-order valence-electron chi connectivity index (χ0n) is 10.9. The molecule has 0 spiro atoms. The summed E-state index contributed by atoms with van der Waals surface area (Å²) in [6.07, 6.45) is 3.02. The Morgan fingerprint density at radius 3 is 2.89 bits per heavy atom. The fourth-order valence-corrected chi connectivity index (χ4v) is 2.45. The van der Waals surface area contributed by atoms with Gasteiger partial charge in [0.1, 0.15) is 4.99 Å². The van der Waals surface area contributed by atoms with Gasteiger partial charge in [0.15, 0.2) is 0 Å². The van der Waals surface area contributed by atoms with Gasteiger partial charge in [-0.1, -0.05) is 24.4 Å². The van der Waals surface area contributed by atoms with Gasteiger partial charge >= 0.3 is 0 Å². The van der Waals surface area contributed by atoms with Crippen LogP contribution in [0.15, 0.2) is 24.3 Å². The second-order valence-electron chi connectivity index (χ2n) is 4.94. The van der Waals surface area contributed by atoms with Crippen LogP contribution in [0.25, 0.3) is 0 Å². The minimum atomic E-state index is 0.332. The van der Waals surface area contributed by atoms with Crippen LogP contribution >= 0.6 is 12.2 Å². The molecule has 2 atom stereocenters. The number of likely N-dealkylation sites (N-methyl/N-ethyl adjacent to an activating group) is 1. The van der Waals surface area contributed by atoms with Gasteiger partial charge < -0.3 is 15.4 Å². The van der Waals surface area contributed by atoms with E-state index in [1.165, 1.54) is 0 Å². The molecule has 2 rings (SSSR count). The predicted octanol–water partition coefficient (Wildman–Crippen LogP) is 2.32. The first-order valence-corrected chi connectivity index (χ1v) is 6.73. The normalized spacial score (nSPS) is 23.0. The van der Waals surface area contributed by atoms with Gasteiger partial charge in [0.05, 0.1) is 12.2 Å². The average molecular weight is 264 g/mol. The van der Waals surface area contributed by atoms with Gasteiger partial charge in [-0.15, -0.1) is 0 Å². The molecule has 1 aromatic rings. The third-order valence-corrected chi connectivity index (χ3v) is 3.60. The summed E-state index contributed by atoms with van der Waals surface area (Å²) in [5, 5.41) is 0. The Morgan fingerprint density at radius 2 is 2.28 bits per heavy atom. The maximum Gasteiger partial charge on any atom is 0.104 e. The third kappa shape index (κ3) is 3.21. The highest BCUT2D eigenvalue weighted by molar-refractivity contribution is 7.80. The topological polar surface area (TPSA) is 38.5 Å². The molecule has 2 N–H and O–H groups in total. The summed E-state index contributed by atoms with van der Waals surface area (Å²) >= 11 is 5.00. The molecule has 1 heterocycles. The zero-order valence-corrected chi connectivity index (χ0v) is 11.7. The number of hydrogen-bond acceptors (Lipinski definition) is 3. The Kier molecular flexibility index (Phi) is 4.19. The molecule has 1 aliphatic heterocycles. The van der Waals surface area contributed by atoms with E-state index >= 15 is 0 Å².